The molecule has 0 spiro atoms. The molecule has 0 aromatic carbocycles. The van der Waals surface area contributed by atoms with Crippen molar-refractivity contribution in [3.63, 3.8) is 0 Å². The van der Waals surface area contributed by atoms with Gasteiger partial charge in [0.1, 0.15) is 0 Å². The summed E-state index contributed by atoms with van der Waals surface area (Å²) in [6.07, 6.45) is 1.20. The Morgan fingerprint density at radius 1 is 1.43 bits per heavy atom. The molecule has 0 saturated carbocycles. The number of aliphatic hydroxyl groups excluding tert-OH is 1. The van der Waals surface area contributed by atoms with Gasteiger partial charge in [0.15, 0.2) is 0 Å². The molecule has 0 unspecified atom stereocenters. The molecule has 4 nitrogen and oxygen atoms in total. The Morgan fingerprint density at radius 3 is 2.50 bits per heavy atom. The fourth-order valence-electron chi connectivity index (χ4n) is 1.86. The molecule has 0 bridgehead atoms. The van der Waals surface area contributed by atoms with E-state index in [2.05, 4.69) is 0 Å². The standard InChI is InChI=1S/C9H19NO3S/c1-3-8-5-6-10(7-9(8)11)14(12,13)4-2/h8-9,11H,3-7H2,1-2H3/t8-,9-/m0/s1. The van der Waals surface area contributed by atoms with Gasteiger partial charge in [-0.05, 0) is 19.3 Å². The fraction of sp³-hybridized carbons (Fsp3) is 1.00. The average molecular weight is 221 g/mol. The minimum Gasteiger partial charge on any atom is -0.391 e. The van der Waals surface area contributed by atoms with Crippen LogP contribution in [-0.4, -0.2) is 42.8 Å². The molecule has 0 aliphatic carbocycles. The maximum Gasteiger partial charge on any atom is 0.213 e. The first-order valence-electron chi connectivity index (χ1n) is 5.17. The van der Waals surface area contributed by atoms with Gasteiger partial charge in [-0.15, -0.1) is 0 Å². The van der Waals surface area contributed by atoms with Crippen molar-refractivity contribution in [3.8, 4) is 0 Å². The SMILES string of the molecule is CC[C@H]1CCN(S(=O)(=O)CC)C[C@@H]1O. The van der Waals surface area contributed by atoms with Crippen LogP contribution in [0.3, 0.4) is 0 Å². The topological polar surface area (TPSA) is 57.6 Å². The predicted octanol–water partition coefficient (Wildman–Crippen LogP) is 0.429. The zero-order chi connectivity index (χ0) is 10.8. The van der Waals surface area contributed by atoms with E-state index in [1.807, 2.05) is 6.92 Å². The van der Waals surface area contributed by atoms with E-state index in [9.17, 15) is 13.5 Å². The quantitative estimate of drug-likeness (QED) is 0.752. The maximum atomic E-state index is 11.5. The lowest BCUT2D eigenvalue weighted by Gasteiger charge is -2.34. The van der Waals surface area contributed by atoms with Crippen LogP contribution in [0.2, 0.25) is 0 Å². The number of rotatable bonds is 3. The van der Waals surface area contributed by atoms with E-state index in [1.165, 1.54) is 4.31 Å². The molecule has 1 heterocycles. The Morgan fingerprint density at radius 2 is 2.07 bits per heavy atom. The lowest BCUT2D eigenvalue weighted by atomic mass is 9.93. The van der Waals surface area contributed by atoms with Crippen LogP contribution < -0.4 is 0 Å². The third kappa shape index (κ3) is 2.46. The summed E-state index contributed by atoms with van der Waals surface area (Å²) in [6, 6.07) is 0. The van der Waals surface area contributed by atoms with Gasteiger partial charge in [-0.3, -0.25) is 0 Å². The number of nitrogens with zero attached hydrogens (tertiary/aromatic N) is 1. The van der Waals surface area contributed by atoms with E-state index in [4.69, 9.17) is 0 Å². The van der Waals surface area contributed by atoms with E-state index in [0.717, 1.165) is 12.8 Å². The number of hydrogen-bond acceptors (Lipinski definition) is 3. The third-order valence-electron chi connectivity index (χ3n) is 2.97. The molecular weight excluding hydrogens is 202 g/mol. The first kappa shape index (κ1) is 11.9. The minimum absolute atomic E-state index is 0.122. The van der Waals surface area contributed by atoms with E-state index < -0.39 is 16.1 Å². The van der Waals surface area contributed by atoms with Crippen LogP contribution in [0.4, 0.5) is 0 Å². The fourth-order valence-corrected chi connectivity index (χ4v) is 2.99. The van der Waals surface area contributed by atoms with Crippen molar-refractivity contribution in [2.75, 3.05) is 18.8 Å². The third-order valence-corrected chi connectivity index (χ3v) is 4.81. The monoisotopic (exact) mass is 221 g/mol. The molecule has 1 aliphatic heterocycles. The largest absolute Gasteiger partial charge is 0.391 e. The van der Waals surface area contributed by atoms with Crippen LogP contribution in [0, 0.1) is 5.92 Å². The van der Waals surface area contributed by atoms with Crippen molar-refractivity contribution >= 4 is 10.0 Å². The normalized spacial score (nSPS) is 30.5. The summed E-state index contributed by atoms with van der Waals surface area (Å²) in [7, 11) is -3.11. The molecule has 1 aliphatic rings. The molecule has 1 saturated heterocycles. The van der Waals surface area contributed by atoms with Crippen molar-refractivity contribution in [2.24, 2.45) is 5.92 Å². The number of aliphatic hydroxyl groups is 1. The molecule has 1 fully saturated rings. The Balaban J connectivity index is 2.63. The summed E-state index contributed by atoms with van der Waals surface area (Å²) in [4.78, 5) is 0. The number of piperidine rings is 1. The molecule has 0 aromatic heterocycles. The molecule has 1 rings (SSSR count). The highest BCUT2D eigenvalue weighted by Gasteiger charge is 2.31. The van der Waals surface area contributed by atoms with Gasteiger partial charge < -0.3 is 5.11 Å². The van der Waals surface area contributed by atoms with Gasteiger partial charge in [0.05, 0.1) is 11.9 Å². The Kier molecular flexibility index (Phi) is 3.92. The molecule has 1 N–H and O–H groups in total. The van der Waals surface area contributed by atoms with Gasteiger partial charge in [-0.1, -0.05) is 13.3 Å². The number of β-amino-alcohol motifs (C(OH)–C–C–N with tert-alkyl or cyclic N) is 1. The van der Waals surface area contributed by atoms with Crippen molar-refractivity contribution in [1.82, 2.24) is 4.31 Å². The summed E-state index contributed by atoms with van der Waals surface area (Å²) in [6.45, 7) is 4.49. The summed E-state index contributed by atoms with van der Waals surface area (Å²) < 4.78 is 24.4. The molecule has 5 heteroatoms. The predicted molar refractivity (Wildman–Crippen MR) is 55.4 cm³/mol. The second-order valence-electron chi connectivity index (χ2n) is 3.78. The minimum atomic E-state index is -3.11. The average Bonchev–Trinajstić information content (AvgIpc) is 2.17. The smallest absolute Gasteiger partial charge is 0.213 e. The van der Waals surface area contributed by atoms with E-state index in [-0.39, 0.29) is 18.2 Å². The lowest BCUT2D eigenvalue weighted by molar-refractivity contribution is 0.0502. The van der Waals surface area contributed by atoms with Crippen LogP contribution in [0.25, 0.3) is 0 Å². The molecule has 0 amide bonds. The van der Waals surface area contributed by atoms with Gasteiger partial charge in [0.2, 0.25) is 10.0 Å². The molecule has 0 radical (unpaired) electrons. The van der Waals surface area contributed by atoms with Crippen molar-refractivity contribution < 1.29 is 13.5 Å². The van der Waals surface area contributed by atoms with Gasteiger partial charge >= 0.3 is 0 Å². The van der Waals surface area contributed by atoms with Gasteiger partial charge in [-0.25, -0.2) is 8.42 Å². The zero-order valence-corrected chi connectivity index (χ0v) is 9.63. The molecule has 2 atom stereocenters. The molecule has 0 aromatic rings. The Labute approximate surface area is 86.0 Å². The molecule has 14 heavy (non-hydrogen) atoms. The second kappa shape index (κ2) is 4.59. The highest BCUT2D eigenvalue weighted by atomic mass is 32.2. The summed E-state index contributed by atoms with van der Waals surface area (Å²) in [5, 5.41) is 9.69. The number of sulfonamides is 1. The summed E-state index contributed by atoms with van der Waals surface area (Å²) in [5.74, 6) is 0.384. The second-order valence-corrected chi connectivity index (χ2v) is 6.04. The lowest BCUT2D eigenvalue weighted by Crippen LogP contribution is -2.46. The first-order chi connectivity index (χ1) is 6.51. The van der Waals surface area contributed by atoms with Crippen LogP contribution in [0.15, 0.2) is 0 Å². The van der Waals surface area contributed by atoms with Crippen LogP contribution >= 0.6 is 0 Å². The van der Waals surface area contributed by atoms with E-state index in [1.54, 1.807) is 6.92 Å². The first-order valence-corrected chi connectivity index (χ1v) is 6.78. The van der Waals surface area contributed by atoms with Crippen LogP contribution in [0.5, 0.6) is 0 Å². The maximum absolute atomic E-state index is 11.5. The zero-order valence-electron chi connectivity index (χ0n) is 8.81. The van der Waals surface area contributed by atoms with Gasteiger partial charge in [0.25, 0.3) is 0 Å². The van der Waals surface area contributed by atoms with E-state index >= 15 is 0 Å². The highest BCUT2D eigenvalue weighted by Crippen LogP contribution is 2.22. The number of hydrogen-bond donors (Lipinski definition) is 1. The van der Waals surface area contributed by atoms with Crippen LogP contribution in [-0.2, 0) is 10.0 Å². The molecular formula is C9H19NO3S. The highest BCUT2D eigenvalue weighted by molar-refractivity contribution is 7.89. The summed E-state index contributed by atoms with van der Waals surface area (Å²) in [5.41, 5.74) is 0. The van der Waals surface area contributed by atoms with Crippen LogP contribution in [0.1, 0.15) is 26.7 Å². The molecule has 84 valence electrons. The van der Waals surface area contributed by atoms with Gasteiger partial charge in [0, 0.05) is 13.1 Å². The Bertz CT molecular complexity index is 276. The van der Waals surface area contributed by atoms with Crippen molar-refractivity contribution in [2.45, 2.75) is 32.8 Å². The van der Waals surface area contributed by atoms with Crippen molar-refractivity contribution in [3.05, 3.63) is 0 Å². The van der Waals surface area contributed by atoms with E-state index in [0.29, 0.717) is 6.54 Å². The van der Waals surface area contributed by atoms with Gasteiger partial charge in [-0.2, -0.15) is 4.31 Å². The van der Waals surface area contributed by atoms with Crippen molar-refractivity contribution in [1.29, 1.82) is 0 Å². The summed E-state index contributed by atoms with van der Waals surface area (Å²) >= 11 is 0. The Hall–Kier alpha value is -0.130.